The molecule has 9 heteroatoms. The van der Waals surface area contributed by atoms with Crippen LogP contribution in [0.25, 0.3) is 11.8 Å². The lowest BCUT2D eigenvalue weighted by atomic mass is 9.65. The largest absolute Gasteiger partial charge is 0.291 e. The summed E-state index contributed by atoms with van der Waals surface area (Å²) in [4.78, 5) is 18.7. The predicted molar refractivity (Wildman–Crippen MR) is 145 cm³/mol. The second-order valence-electron chi connectivity index (χ2n) is 10.3. The van der Waals surface area contributed by atoms with Crippen molar-refractivity contribution in [2.24, 2.45) is 5.41 Å². The van der Waals surface area contributed by atoms with E-state index in [9.17, 15) is 17.6 Å². The summed E-state index contributed by atoms with van der Waals surface area (Å²) in [7, 11) is -3.85. The van der Waals surface area contributed by atoms with Crippen LogP contribution in [-0.2, 0) is 16.4 Å². The monoisotopic (exact) mass is 542 g/mol. The van der Waals surface area contributed by atoms with Gasteiger partial charge in [0.05, 0.1) is 27.9 Å². The highest BCUT2D eigenvalue weighted by molar-refractivity contribution is 7.89. The second kappa shape index (κ2) is 9.36. The van der Waals surface area contributed by atoms with E-state index >= 15 is 0 Å². The molecule has 0 bridgehead atoms. The zero-order chi connectivity index (χ0) is 27.4. The van der Waals surface area contributed by atoms with Gasteiger partial charge < -0.3 is 0 Å². The maximum Gasteiger partial charge on any atom is 0.243 e. The van der Waals surface area contributed by atoms with Gasteiger partial charge in [0, 0.05) is 19.3 Å². The van der Waals surface area contributed by atoms with Gasteiger partial charge in [-0.2, -0.15) is 9.40 Å². The Kier molecular flexibility index (Phi) is 6.08. The molecule has 0 amide bonds. The number of nitrogens with zero attached hydrogens (tertiary/aromatic N) is 4. The Labute approximate surface area is 226 Å². The van der Waals surface area contributed by atoms with Crippen molar-refractivity contribution in [1.29, 1.82) is 0 Å². The van der Waals surface area contributed by atoms with E-state index in [-0.39, 0.29) is 36.0 Å². The van der Waals surface area contributed by atoms with Gasteiger partial charge in [0.25, 0.3) is 0 Å². The molecule has 7 nitrogen and oxygen atoms in total. The standard InChI is InChI=1S/C30H27FN4O3S/c1-20-6-11-26(15-21(20)2)39(37,38)34-14-12-23-16-28-22(18-33-35(28)25-9-7-24(31)8-10-25)17-30(23,19-34)29(36)27-5-3-4-13-32-27/h3-11,13,15-16,18H,12,14,17,19H2,1-2H3. The number of ketones is 1. The van der Waals surface area contributed by atoms with Gasteiger partial charge in [-0.25, -0.2) is 17.5 Å². The van der Waals surface area contributed by atoms with E-state index < -0.39 is 15.4 Å². The molecule has 6 rings (SSSR count). The third-order valence-corrected chi connectivity index (χ3v) is 9.74. The quantitative estimate of drug-likeness (QED) is 0.334. The Morgan fingerprint density at radius 1 is 1.03 bits per heavy atom. The van der Waals surface area contributed by atoms with E-state index in [1.54, 1.807) is 59.5 Å². The first-order chi connectivity index (χ1) is 18.7. The molecular weight excluding hydrogens is 515 g/mol. The van der Waals surface area contributed by atoms with Crippen LogP contribution < -0.4 is 0 Å². The van der Waals surface area contributed by atoms with E-state index in [2.05, 4.69) is 10.1 Å². The van der Waals surface area contributed by atoms with E-state index in [1.165, 1.54) is 16.4 Å². The van der Waals surface area contributed by atoms with Crippen LogP contribution in [0.2, 0.25) is 0 Å². The molecule has 2 aromatic heterocycles. The number of benzene rings is 2. The fraction of sp³-hybridized carbons (Fsp3) is 0.233. The SMILES string of the molecule is Cc1ccc(S(=O)(=O)N2CCC3=Cc4c(cnn4-c4ccc(F)cc4)CC3(C(=O)c3ccccn3)C2)cc1C. The van der Waals surface area contributed by atoms with E-state index in [1.807, 2.05) is 26.0 Å². The molecule has 0 spiro atoms. The second-order valence-corrected chi connectivity index (χ2v) is 12.2. The van der Waals surface area contributed by atoms with Crippen molar-refractivity contribution < 1.29 is 17.6 Å². The Morgan fingerprint density at radius 3 is 2.54 bits per heavy atom. The van der Waals surface area contributed by atoms with Gasteiger partial charge in [0.2, 0.25) is 10.0 Å². The number of piperidine rings is 1. The molecule has 1 saturated heterocycles. The number of sulfonamides is 1. The maximum absolute atomic E-state index is 14.2. The van der Waals surface area contributed by atoms with Crippen LogP contribution in [0.5, 0.6) is 0 Å². The number of hydrogen-bond donors (Lipinski definition) is 0. The molecule has 2 aliphatic rings. The first-order valence-electron chi connectivity index (χ1n) is 12.8. The molecule has 1 atom stereocenters. The van der Waals surface area contributed by atoms with Crippen molar-refractivity contribution in [2.75, 3.05) is 13.1 Å². The highest BCUT2D eigenvalue weighted by atomic mass is 32.2. The summed E-state index contributed by atoms with van der Waals surface area (Å²) in [6.07, 6.45) is 5.90. The number of aryl methyl sites for hydroxylation is 2. The topological polar surface area (TPSA) is 85.2 Å². The molecule has 0 N–H and O–H groups in total. The Hall–Kier alpha value is -3.95. The highest BCUT2D eigenvalue weighted by Crippen LogP contribution is 2.47. The van der Waals surface area contributed by atoms with Crippen LogP contribution >= 0.6 is 0 Å². The number of fused-ring (bicyclic) bond motifs is 2. The number of Topliss-reactive ketones (excluding diaryl/α,β-unsaturated/α-hetero) is 1. The van der Waals surface area contributed by atoms with Crippen LogP contribution in [0.15, 0.2) is 83.5 Å². The molecule has 39 heavy (non-hydrogen) atoms. The number of rotatable bonds is 5. The number of aromatic nitrogens is 3. The average Bonchev–Trinajstić information content (AvgIpc) is 3.35. The lowest BCUT2D eigenvalue weighted by Gasteiger charge is -2.44. The number of halogens is 1. The van der Waals surface area contributed by atoms with Gasteiger partial charge in [0.15, 0.2) is 5.78 Å². The first kappa shape index (κ1) is 25.3. The summed E-state index contributed by atoms with van der Waals surface area (Å²) in [5.74, 6) is -0.551. The van der Waals surface area contributed by atoms with Crippen molar-refractivity contribution in [3.8, 4) is 5.69 Å². The number of hydrogen-bond acceptors (Lipinski definition) is 5. The summed E-state index contributed by atoms with van der Waals surface area (Å²) >= 11 is 0. The Bertz CT molecular complexity index is 1730. The van der Waals surface area contributed by atoms with Crippen LogP contribution in [0.4, 0.5) is 4.39 Å². The summed E-state index contributed by atoms with van der Waals surface area (Å²) in [6.45, 7) is 4.08. The minimum atomic E-state index is -3.85. The lowest BCUT2D eigenvalue weighted by molar-refractivity contribution is 0.0770. The predicted octanol–water partition coefficient (Wildman–Crippen LogP) is 4.93. The van der Waals surface area contributed by atoms with E-state index in [0.717, 1.165) is 28.0 Å². The van der Waals surface area contributed by atoms with Crippen LogP contribution in [-0.4, -0.2) is 46.4 Å². The van der Waals surface area contributed by atoms with E-state index in [0.29, 0.717) is 17.8 Å². The van der Waals surface area contributed by atoms with Crippen LogP contribution in [0, 0.1) is 25.1 Å². The normalized spacial score (nSPS) is 19.2. The third-order valence-electron chi connectivity index (χ3n) is 7.90. The Balaban J connectivity index is 1.45. The zero-order valence-corrected chi connectivity index (χ0v) is 22.5. The summed E-state index contributed by atoms with van der Waals surface area (Å²) in [5.41, 5.74) is 4.26. The number of pyridine rings is 1. The lowest BCUT2D eigenvalue weighted by Crippen LogP contribution is -2.53. The van der Waals surface area contributed by atoms with Gasteiger partial charge in [-0.1, -0.05) is 17.7 Å². The molecule has 1 fully saturated rings. The minimum Gasteiger partial charge on any atom is -0.291 e. The van der Waals surface area contributed by atoms with Gasteiger partial charge in [-0.05, 0) is 98.0 Å². The van der Waals surface area contributed by atoms with Crippen molar-refractivity contribution in [3.05, 3.63) is 113 Å². The molecule has 0 radical (unpaired) electrons. The molecule has 2 aromatic carbocycles. The fourth-order valence-electron chi connectivity index (χ4n) is 5.57. The molecule has 0 saturated carbocycles. The average molecular weight is 543 g/mol. The van der Waals surface area contributed by atoms with Crippen LogP contribution in [0.3, 0.4) is 0 Å². The molecule has 3 heterocycles. The van der Waals surface area contributed by atoms with Crippen molar-refractivity contribution in [3.63, 3.8) is 0 Å². The van der Waals surface area contributed by atoms with Crippen molar-refractivity contribution in [1.82, 2.24) is 19.1 Å². The highest BCUT2D eigenvalue weighted by Gasteiger charge is 2.51. The molecular formula is C30H27FN4O3S. The molecule has 1 aliphatic heterocycles. The molecule has 1 unspecified atom stereocenters. The summed E-state index contributed by atoms with van der Waals surface area (Å²) in [6, 6.07) is 16.4. The summed E-state index contributed by atoms with van der Waals surface area (Å²) in [5, 5.41) is 4.54. The van der Waals surface area contributed by atoms with Crippen molar-refractivity contribution in [2.45, 2.75) is 31.6 Å². The van der Waals surface area contributed by atoms with Gasteiger partial charge in [-0.15, -0.1) is 0 Å². The van der Waals surface area contributed by atoms with Gasteiger partial charge in [-0.3, -0.25) is 9.78 Å². The zero-order valence-electron chi connectivity index (χ0n) is 21.6. The number of carbonyl (C=O) groups is 1. The summed E-state index contributed by atoms with van der Waals surface area (Å²) < 4.78 is 44.4. The van der Waals surface area contributed by atoms with Gasteiger partial charge >= 0.3 is 0 Å². The first-order valence-corrected chi connectivity index (χ1v) is 14.2. The number of carbonyl (C=O) groups excluding carboxylic acids is 1. The molecule has 198 valence electrons. The molecule has 4 aromatic rings. The van der Waals surface area contributed by atoms with Gasteiger partial charge in [0.1, 0.15) is 11.5 Å². The third kappa shape index (κ3) is 4.22. The maximum atomic E-state index is 14.2. The minimum absolute atomic E-state index is 0.00463. The molecule has 1 aliphatic carbocycles. The van der Waals surface area contributed by atoms with E-state index in [4.69, 9.17) is 0 Å². The van der Waals surface area contributed by atoms with Crippen molar-refractivity contribution >= 4 is 21.9 Å². The smallest absolute Gasteiger partial charge is 0.243 e. The van der Waals surface area contributed by atoms with Crippen LogP contribution in [0.1, 0.15) is 39.3 Å². The Morgan fingerprint density at radius 2 is 1.82 bits per heavy atom. The fourth-order valence-corrected chi connectivity index (χ4v) is 7.16.